The Morgan fingerprint density at radius 3 is 2.21 bits per heavy atom. The van der Waals surface area contributed by atoms with E-state index in [0.717, 1.165) is 82.3 Å². The second-order valence-electron chi connectivity index (χ2n) is 11.8. The maximum Gasteiger partial charge on any atom is 0.195 e. The third-order valence-corrected chi connectivity index (χ3v) is 10.2. The van der Waals surface area contributed by atoms with Gasteiger partial charge >= 0.3 is 0 Å². The van der Waals surface area contributed by atoms with Gasteiger partial charge < -0.3 is 4.57 Å². The summed E-state index contributed by atoms with van der Waals surface area (Å²) in [4.78, 5) is 11.3. The number of hydrogen-bond acceptors (Lipinski definition) is 4. The van der Waals surface area contributed by atoms with Crippen molar-refractivity contribution in [2.45, 2.75) is 0 Å². The summed E-state index contributed by atoms with van der Waals surface area (Å²) in [6.07, 6.45) is 0. The van der Waals surface area contributed by atoms with Crippen molar-refractivity contribution in [1.29, 1.82) is 5.26 Å². The van der Waals surface area contributed by atoms with E-state index in [9.17, 15) is 5.26 Å². The van der Waals surface area contributed by atoms with Gasteiger partial charge in [0, 0.05) is 27.4 Å². The number of para-hydroxylation sites is 3. The molecule has 0 N–H and O–H groups in total. The molecule has 6 heteroatoms. The van der Waals surface area contributed by atoms with Gasteiger partial charge in [-0.25, -0.2) is 9.97 Å². The molecule has 5 nitrogen and oxygen atoms in total. The molecule has 0 aliphatic heterocycles. The van der Waals surface area contributed by atoms with Crippen molar-refractivity contribution in [2.24, 2.45) is 0 Å². The number of nitrogens with zero attached hydrogens (tertiary/aromatic N) is 5. The first kappa shape index (κ1) is 26.0. The predicted molar refractivity (Wildman–Crippen MR) is 193 cm³/mol. The van der Waals surface area contributed by atoms with Gasteiger partial charge in [0.25, 0.3) is 0 Å². The van der Waals surface area contributed by atoms with E-state index in [1.807, 2.05) is 36.4 Å². The summed E-state index contributed by atoms with van der Waals surface area (Å²) >= 11 is 1.71. The van der Waals surface area contributed by atoms with Crippen LogP contribution in [0.4, 0.5) is 0 Å². The fraction of sp³-hybridized carbons (Fsp3) is 0. The quantitative estimate of drug-likeness (QED) is 0.198. The molecule has 0 saturated heterocycles. The van der Waals surface area contributed by atoms with E-state index in [-0.39, 0.29) is 0 Å². The minimum absolute atomic E-state index is 0.649. The average molecular weight is 618 g/mol. The molecule has 0 amide bonds. The molecule has 0 aliphatic carbocycles. The summed E-state index contributed by atoms with van der Waals surface area (Å²) in [5.74, 6) is 0. The van der Waals surface area contributed by atoms with Crippen molar-refractivity contribution in [2.75, 3.05) is 0 Å². The van der Waals surface area contributed by atoms with Gasteiger partial charge in [0.05, 0.1) is 44.1 Å². The van der Waals surface area contributed by atoms with Crippen LogP contribution in [0.15, 0.2) is 140 Å². The van der Waals surface area contributed by atoms with Gasteiger partial charge in [-0.1, -0.05) is 96.3 Å². The molecule has 218 valence electrons. The molecule has 0 atom stereocenters. The first-order valence-electron chi connectivity index (χ1n) is 15.5. The molecular formula is C41H23N5S. The summed E-state index contributed by atoms with van der Waals surface area (Å²) < 4.78 is 5.72. The van der Waals surface area contributed by atoms with Crippen LogP contribution in [0.3, 0.4) is 0 Å². The van der Waals surface area contributed by atoms with Gasteiger partial charge in [0.2, 0.25) is 0 Å². The molecule has 0 spiro atoms. The lowest BCUT2D eigenvalue weighted by atomic mass is 9.99. The SMILES string of the molecule is N#Cc1ccc2c3cc(-c4ccc(-c5nc6ccccc6c6nc7sc8ccccc8n7c56)cc4)ccc3n(-c3ccccc3)c2c1. The molecule has 47 heavy (non-hydrogen) atoms. The standard InChI is InChI=1S/C41H23N5S/c42-24-25-14-20-30-32-23-28(19-21-34(32)45(36(30)22-25)29-8-2-1-3-9-29)26-15-17-27(18-16-26)38-40-39(31-10-4-5-11-33(31)43-38)44-41-46(40)35-12-6-7-13-37(35)47-41/h1-23H. The van der Waals surface area contributed by atoms with Crippen molar-refractivity contribution < 1.29 is 0 Å². The number of hydrogen-bond donors (Lipinski definition) is 0. The first-order chi connectivity index (χ1) is 23.2. The van der Waals surface area contributed by atoms with Crippen LogP contribution < -0.4 is 0 Å². The van der Waals surface area contributed by atoms with E-state index in [2.05, 4.69) is 118 Å². The molecular weight excluding hydrogens is 595 g/mol. The molecule has 4 heterocycles. The van der Waals surface area contributed by atoms with E-state index in [0.29, 0.717) is 5.56 Å². The summed E-state index contributed by atoms with van der Waals surface area (Å²) in [6, 6.07) is 50.7. The number of benzene rings is 6. The van der Waals surface area contributed by atoms with Gasteiger partial charge in [-0.15, -0.1) is 0 Å². The Balaban J connectivity index is 1.15. The number of fused-ring (bicyclic) bond motifs is 10. The Morgan fingerprint density at radius 1 is 0.574 bits per heavy atom. The van der Waals surface area contributed by atoms with Crippen molar-refractivity contribution in [3.63, 3.8) is 0 Å². The van der Waals surface area contributed by atoms with E-state index in [1.54, 1.807) is 11.3 Å². The van der Waals surface area contributed by atoms with Gasteiger partial charge in [-0.3, -0.25) is 4.40 Å². The summed E-state index contributed by atoms with van der Waals surface area (Å²) in [5, 5.41) is 13.0. The lowest BCUT2D eigenvalue weighted by Crippen LogP contribution is -1.93. The highest BCUT2D eigenvalue weighted by atomic mass is 32.1. The van der Waals surface area contributed by atoms with Crippen LogP contribution in [0.2, 0.25) is 0 Å². The van der Waals surface area contributed by atoms with E-state index in [1.165, 1.54) is 4.70 Å². The Labute approximate surface area is 272 Å². The van der Waals surface area contributed by atoms with E-state index in [4.69, 9.17) is 9.97 Å². The van der Waals surface area contributed by atoms with Crippen LogP contribution in [-0.4, -0.2) is 18.9 Å². The van der Waals surface area contributed by atoms with Gasteiger partial charge in [-0.05, 0) is 65.7 Å². The van der Waals surface area contributed by atoms with Crippen LogP contribution in [0.1, 0.15) is 5.56 Å². The van der Waals surface area contributed by atoms with Crippen molar-refractivity contribution >= 4 is 70.3 Å². The number of rotatable bonds is 3. The minimum atomic E-state index is 0.649. The van der Waals surface area contributed by atoms with Crippen LogP contribution >= 0.6 is 11.3 Å². The maximum atomic E-state index is 9.65. The number of pyridine rings is 1. The minimum Gasteiger partial charge on any atom is -0.309 e. The van der Waals surface area contributed by atoms with Gasteiger partial charge in [-0.2, -0.15) is 5.26 Å². The third-order valence-electron chi connectivity index (χ3n) is 9.17. The number of aromatic nitrogens is 4. The molecule has 0 unspecified atom stereocenters. The second kappa shape index (κ2) is 9.85. The van der Waals surface area contributed by atoms with Gasteiger partial charge in [0.15, 0.2) is 4.96 Å². The van der Waals surface area contributed by atoms with Crippen LogP contribution in [-0.2, 0) is 0 Å². The summed E-state index contributed by atoms with van der Waals surface area (Å²) in [5.41, 5.74) is 12.2. The Bertz CT molecular complexity index is 2900. The highest BCUT2D eigenvalue weighted by Gasteiger charge is 2.20. The Kier molecular flexibility index (Phi) is 5.45. The second-order valence-corrected chi connectivity index (χ2v) is 12.8. The zero-order valence-electron chi connectivity index (χ0n) is 24.9. The number of nitriles is 1. The molecule has 10 rings (SSSR count). The smallest absolute Gasteiger partial charge is 0.195 e. The van der Waals surface area contributed by atoms with Crippen LogP contribution in [0.5, 0.6) is 0 Å². The highest BCUT2D eigenvalue weighted by Crippen LogP contribution is 2.39. The van der Waals surface area contributed by atoms with E-state index >= 15 is 0 Å². The highest BCUT2D eigenvalue weighted by molar-refractivity contribution is 7.23. The zero-order chi connectivity index (χ0) is 31.1. The fourth-order valence-corrected chi connectivity index (χ4v) is 8.04. The molecule has 0 saturated carbocycles. The fourth-order valence-electron chi connectivity index (χ4n) is 7.02. The Hall–Kier alpha value is -6.29. The van der Waals surface area contributed by atoms with Crippen LogP contribution in [0.25, 0.3) is 87.0 Å². The predicted octanol–water partition coefficient (Wildman–Crippen LogP) is 10.6. The largest absolute Gasteiger partial charge is 0.309 e. The van der Waals surface area contributed by atoms with Crippen molar-refractivity contribution in [3.8, 4) is 34.1 Å². The summed E-state index contributed by atoms with van der Waals surface area (Å²) in [6.45, 7) is 0. The molecule has 0 fully saturated rings. The topological polar surface area (TPSA) is 58.9 Å². The number of imidazole rings is 1. The van der Waals surface area contributed by atoms with Crippen molar-refractivity contribution in [1.82, 2.24) is 18.9 Å². The lowest BCUT2D eigenvalue weighted by molar-refractivity contribution is 1.18. The van der Waals surface area contributed by atoms with E-state index < -0.39 is 0 Å². The zero-order valence-corrected chi connectivity index (χ0v) is 25.7. The van der Waals surface area contributed by atoms with Crippen LogP contribution in [0, 0.1) is 11.3 Å². The molecule has 6 aromatic carbocycles. The van der Waals surface area contributed by atoms with Crippen molar-refractivity contribution in [3.05, 3.63) is 145 Å². The molecule has 0 radical (unpaired) electrons. The summed E-state index contributed by atoms with van der Waals surface area (Å²) in [7, 11) is 0. The Morgan fingerprint density at radius 2 is 1.34 bits per heavy atom. The third kappa shape index (κ3) is 3.81. The monoisotopic (exact) mass is 617 g/mol. The molecule has 0 bridgehead atoms. The first-order valence-corrected chi connectivity index (χ1v) is 16.3. The maximum absolute atomic E-state index is 9.65. The average Bonchev–Trinajstić information content (AvgIpc) is 3.79. The molecule has 0 aliphatic rings. The molecule has 10 aromatic rings. The lowest BCUT2D eigenvalue weighted by Gasteiger charge is -2.10. The normalized spacial score (nSPS) is 11.8. The number of thiazole rings is 1. The van der Waals surface area contributed by atoms with Gasteiger partial charge in [0.1, 0.15) is 11.0 Å². The molecule has 4 aromatic heterocycles.